The molecule has 0 radical (unpaired) electrons. The van der Waals surface area contributed by atoms with E-state index < -0.39 is 5.60 Å². The number of nitrogens with zero attached hydrogens (tertiary/aromatic N) is 2. The summed E-state index contributed by atoms with van der Waals surface area (Å²) in [6.07, 6.45) is 2.34. The molecular weight excluding hydrogens is 508 g/mol. The van der Waals surface area contributed by atoms with Gasteiger partial charge in [-0.2, -0.15) is 0 Å². The average Bonchev–Trinajstić information content (AvgIpc) is 3.55. The Labute approximate surface area is 234 Å². The number of benzene rings is 2. The summed E-state index contributed by atoms with van der Waals surface area (Å²) in [5, 5.41) is 13.9. The third kappa shape index (κ3) is 6.29. The second kappa shape index (κ2) is 11.7. The molecule has 40 heavy (non-hydrogen) atoms. The number of ether oxygens (including phenoxy) is 4. The Kier molecular flexibility index (Phi) is 8.09. The van der Waals surface area contributed by atoms with E-state index >= 15 is 0 Å². The number of hydrogen-bond acceptors (Lipinski definition) is 8. The molecule has 0 spiro atoms. The molecule has 0 fully saturated rings. The van der Waals surface area contributed by atoms with E-state index in [-0.39, 0.29) is 12.9 Å². The van der Waals surface area contributed by atoms with Gasteiger partial charge < -0.3 is 28.6 Å². The lowest BCUT2D eigenvalue weighted by Crippen LogP contribution is -2.22. The molecule has 1 aliphatic carbocycles. The summed E-state index contributed by atoms with van der Waals surface area (Å²) in [7, 11) is 1.55. The number of hydrogen-bond donors (Lipinski definition) is 1. The van der Waals surface area contributed by atoms with Crippen LogP contribution in [-0.4, -0.2) is 41.4 Å². The number of rotatable bonds is 11. The van der Waals surface area contributed by atoms with E-state index in [1.165, 1.54) is 16.7 Å². The van der Waals surface area contributed by atoms with Gasteiger partial charge in [-0.05, 0) is 92.2 Å². The van der Waals surface area contributed by atoms with Gasteiger partial charge in [0.2, 0.25) is 5.88 Å². The van der Waals surface area contributed by atoms with Crippen molar-refractivity contribution < 1.29 is 28.6 Å². The standard InChI is InChI=1S/C32H36N2O6/c1-20-17-29(37-16-15-32(3,4)35)33-21(2)31(20)26-8-6-7-25-24(26)13-14-27(25)39-23-11-9-22(10-12-23)28-18-30(34-40-28)38-19-36-5/h6-12,17-18,27,35H,13-16,19H2,1-5H3. The average molecular weight is 545 g/mol. The molecule has 0 amide bonds. The van der Waals surface area contributed by atoms with Crippen LogP contribution >= 0.6 is 0 Å². The Hall–Kier alpha value is -3.88. The smallest absolute Gasteiger partial charge is 0.256 e. The van der Waals surface area contributed by atoms with Gasteiger partial charge in [-0.1, -0.05) is 18.2 Å². The first-order valence-electron chi connectivity index (χ1n) is 13.5. The molecule has 8 nitrogen and oxygen atoms in total. The van der Waals surface area contributed by atoms with E-state index in [9.17, 15) is 5.11 Å². The summed E-state index contributed by atoms with van der Waals surface area (Å²) in [6, 6.07) is 17.9. The summed E-state index contributed by atoms with van der Waals surface area (Å²) >= 11 is 0. The molecular formula is C32H36N2O6. The van der Waals surface area contributed by atoms with Crippen molar-refractivity contribution in [2.75, 3.05) is 20.5 Å². The minimum atomic E-state index is -0.768. The van der Waals surface area contributed by atoms with Crippen LogP contribution in [0.3, 0.4) is 0 Å². The van der Waals surface area contributed by atoms with Crippen LogP contribution in [0.2, 0.25) is 0 Å². The lowest BCUT2D eigenvalue weighted by atomic mass is 9.93. The van der Waals surface area contributed by atoms with E-state index in [2.05, 4.69) is 30.3 Å². The van der Waals surface area contributed by atoms with Crippen molar-refractivity contribution in [3.05, 3.63) is 77.0 Å². The van der Waals surface area contributed by atoms with Crippen LogP contribution in [0.1, 0.15) is 55.2 Å². The maximum absolute atomic E-state index is 9.96. The Morgan fingerprint density at radius 2 is 1.82 bits per heavy atom. The number of aromatic nitrogens is 2. The van der Waals surface area contributed by atoms with Gasteiger partial charge in [0.25, 0.3) is 5.88 Å². The molecule has 2 aromatic carbocycles. The van der Waals surface area contributed by atoms with Crippen LogP contribution in [-0.2, 0) is 11.2 Å². The Morgan fingerprint density at radius 1 is 1.02 bits per heavy atom. The van der Waals surface area contributed by atoms with Crippen LogP contribution in [0.15, 0.2) is 59.1 Å². The highest BCUT2D eigenvalue weighted by molar-refractivity contribution is 5.75. The van der Waals surface area contributed by atoms with Crippen molar-refractivity contribution in [1.29, 1.82) is 0 Å². The van der Waals surface area contributed by atoms with Crippen LogP contribution in [0.4, 0.5) is 0 Å². The lowest BCUT2D eigenvalue weighted by Gasteiger charge is -2.19. The molecule has 1 aliphatic rings. The maximum atomic E-state index is 9.96. The third-order valence-corrected chi connectivity index (χ3v) is 7.05. The van der Waals surface area contributed by atoms with Crippen molar-refractivity contribution in [3.63, 3.8) is 0 Å². The van der Waals surface area contributed by atoms with Gasteiger partial charge in [0, 0.05) is 42.5 Å². The summed E-state index contributed by atoms with van der Waals surface area (Å²) in [4.78, 5) is 4.73. The lowest BCUT2D eigenvalue weighted by molar-refractivity contribution is 0.0453. The molecule has 2 heterocycles. The summed E-state index contributed by atoms with van der Waals surface area (Å²) in [5.41, 5.74) is 7.00. The number of pyridine rings is 1. The van der Waals surface area contributed by atoms with Gasteiger partial charge in [-0.25, -0.2) is 4.98 Å². The summed E-state index contributed by atoms with van der Waals surface area (Å²) in [6.45, 7) is 8.20. The maximum Gasteiger partial charge on any atom is 0.256 e. The third-order valence-electron chi connectivity index (χ3n) is 7.05. The fourth-order valence-electron chi connectivity index (χ4n) is 5.10. The minimum absolute atomic E-state index is 0.0295. The zero-order valence-electron chi connectivity index (χ0n) is 23.7. The second-order valence-electron chi connectivity index (χ2n) is 10.8. The number of aryl methyl sites for hydroxylation is 2. The molecule has 2 aromatic heterocycles. The summed E-state index contributed by atoms with van der Waals surface area (Å²) < 4.78 is 27.9. The Bertz CT molecular complexity index is 1430. The minimum Gasteiger partial charge on any atom is -0.486 e. The van der Waals surface area contributed by atoms with E-state index in [4.69, 9.17) is 28.5 Å². The van der Waals surface area contributed by atoms with Crippen molar-refractivity contribution in [3.8, 4) is 40.0 Å². The quantitative estimate of drug-likeness (QED) is 0.211. The van der Waals surface area contributed by atoms with E-state index in [1.54, 1.807) is 27.0 Å². The molecule has 0 bridgehead atoms. The zero-order valence-corrected chi connectivity index (χ0v) is 23.7. The molecule has 5 rings (SSSR count). The van der Waals surface area contributed by atoms with Gasteiger partial charge in [-0.3, -0.25) is 0 Å². The monoisotopic (exact) mass is 544 g/mol. The topological polar surface area (TPSA) is 96.1 Å². The van der Waals surface area contributed by atoms with E-state index in [1.807, 2.05) is 37.3 Å². The molecule has 4 aromatic rings. The molecule has 0 aliphatic heterocycles. The van der Waals surface area contributed by atoms with Crippen LogP contribution in [0.25, 0.3) is 22.5 Å². The highest BCUT2D eigenvalue weighted by atomic mass is 16.7. The normalized spacial score (nSPS) is 14.7. The molecule has 0 saturated carbocycles. The van der Waals surface area contributed by atoms with Crippen LogP contribution in [0.5, 0.6) is 17.5 Å². The Balaban J connectivity index is 1.30. The highest BCUT2D eigenvalue weighted by Gasteiger charge is 2.28. The van der Waals surface area contributed by atoms with Crippen LogP contribution in [0, 0.1) is 13.8 Å². The highest BCUT2D eigenvalue weighted by Crippen LogP contribution is 2.42. The van der Waals surface area contributed by atoms with Crippen molar-refractivity contribution in [1.82, 2.24) is 10.1 Å². The van der Waals surface area contributed by atoms with Crippen molar-refractivity contribution >= 4 is 0 Å². The first-order valence-corrected chi connectivity index (χ1v) is 13.5. The van der Waals surface area contributed by atoms with E-state index in [0.717, 1.165) is 41.0 Å². The van der Waals surface area contributed by atoms with Crippen LogP contribution < -0.4 is 14.2 Å². The molecule has 1 unspecified atom stereocenters. The fraction of sp³-hybridized carbons (Fsp3) is 0.375. The zero-order chi connectivity index (χ0) is 28.3. The van der Waals surface area contributed by atoms with Gasteiger partial charge >= 0.3 is 0 Å². The van der Waals surface area contributed by atoms with Gasteiger partial charge in [0.1, 0.15) is 11.9 Å². The molecule has 8 heteroatoms. The number of methoxy groups -OCH3 is 1. The second-order valence-corrected chi connectivity index (χ2v) is 10.8. The largest absolute Gasteiger partial charge is 0.486 e. The Morgan fingerprint density at radius 3 is 2.55 bits per heavy atom. The summed E-state index contributed by atoms with van der Waals surface area (Å²) in [5.74, 6) is 2.37. The fourth-order valence-corrected chi connectivity index (χ4v) is 5.10. The van der Waals surface area contributed by atoms with Gasteiger partial charge in [0.15, 0.2) is 12.6 Å². The molecule has 210 valence electrons. The van der Waals surface area contributed by atoms with Crippen molar-refractivity contribution in [2.24, 2.45) is 0 Å². The van der Waals surface area contributed by atoms with E-state index in [0.29, 0.717) is 30.5 Å². The number of aliphatic hydroxyl groups is 1. The predicted molar refractivity (Wildman–Crippen MR) is 152 cm³/mol. The molecule has 1 N–H and O–H groups in total. The SMILES string of the molecule is COCOc1cc(-c2ccc(OC3CCc4c(-c5c(C)cc(OCCC(C)(C)O)nc5C)cccc43)cc2)on1. The first kappa shape index (κ1) is 27.7. The predicted octanol–water partition coefficient (Wildman–Crippen LogP) is 6.61. The van der Waals surface area contributed by atoms with Gasteiger partial charge in [0.05, 0.1) is 12.2 Å². The van der Waals surface area contributed by atoms with Crippen molar-refractivity contribution in [2.45, 2.75) is 58.7 Å². The molecule has 0 saturated heterocycles. The molecule has 1 atom stereocenters. The van der Waals surface area contributed by atoms with Gasteiger partial charge in [-0.15, -0.1) is 0 Å². The number of fused-ring (bicyclic) bond motifs is 1. The first-order chi connectivity index (χ1) is 19.2.